The molecule has 0 amide bonds. The normalized spacial score (nSPS) is 15.1. The summed E-state index contributed by atoms with van der Waals surface area (Å²) in [4.78, 5) is 12.3. The molecule has 3 nitrogen and oxygen atoms in total. The van der Waals surface area contributed by atoms with Crippen molar-refractivity contribution in [1.29, 1.82) is 0 Å². The van der Waals surface area contributed by atoms with E-state index in [1.807, 2.05) is 24.3 Å². The summed E-state index contributed by atoms with van der Waals surface area (Å²) in [6.45, 7) is 4.43. The Labute approximate surface area is 195 Å². The van der Waals surface area contributed by atoms with Crippen LogP contribution in [0.3, 0.4) is 0 Å². The Morgan fingerprint density at radius 2 is 1.25 bits per heavy atom. The van der Waals surface area contributed by atoms with Crippen LogP contribution in [0.2, 0.25) is 0 Å². The number of Topliss-reactive ketones (excluding diaryl/α,β-unsaturated/α-hetero) is 1. The second-order valence-electron chi connectivity index (χ2n) is 9.55. The second-order valence-corrected chi connectivity index (χ2v) is 9.55. The van der Waals surface area contributed by atoms with Gasteiger partial charge in [0.25, 0.3) is 0 Å². The highest BCUT2D eigenvalue weighted by atomic mass is 16.5. The molecule has 3 heteroatoms. The van der Waals surface area contributed by atoms with E-state index < -0.39 is 0 Å². The third-order valence-corrected chi connectivity index (χ3v) is 6.95. The number of ketones is 1. The number of rotatable bonds is 16. The minimum atomic E-state index is -0.256. The van der Waals surface area contributed by atoms with Crippen LogP contribution < -0.4 is 0 Å². The fraction of sp³-hybridized carbons (Fsp3) is 0.552. The first-order valence-corrected chi connectivity index (χ1v) is 12.2. The lowest BCUT2D eigenvalue weighted by Gasteiger charge is -2.28. The van der Waals surface area contributed by atoms with Crippen molar-refractivity contribution in [2.45, 2.75) is 89.1 Å². The van der Waals surface area contributed by atoms with Crippen LogP contribution in [0.4, 0.5) is 0 Å². The van der Waals surface area contributed by atoms with E-state index in [4.69, 9.17) is 4.74 Å². The first kappa shape index (κ1) is 26.3. The molecule has 32 heavy (non-hydrogen) atoms. The maximum Gasteiger partial charge on any atom is 0.132 e. The van der Waals surface area contributed by atoms with Crippen molar-refractivity contribution in [1.82, 2.24) is 0 Å². The molecule has 0 radical (unpaired) electrons. The van der Waals surface area contributed by atoms with Crippen molar-refractivity contribution in [3.8, 4) is 0 Å². The smallest absolute Gasteiger partial charge is 0.132 e. The number of aliphatic hydroxyl groups excluding tert-OH is 1. The van der Waals surface area contributed by atoms with E-state index in [-0.39, 0.29) is 17.6 Å². The summed E-state index contributed by atoms with van der Waals surface area (Å²) in [6.07, 6.45) is 9.39. The number of methoxy groups -OCH3 is 1. The Balaban J connectivity index is 1.58. The van der Waals surface area contributed by atoms with Crippen LogP contribution in [-0.4, -0.2) is 24.6 Å². The third-order valence-electron chi connectivity index (χ3n) is 6.95. The average molecular weight is 439 g/mol. The van der Waals surface area contributed by atoms with Crippen molar-refractivity contribution in [3.63, 3.8) is 0 Å². The molecular formula is C29H42O3. The molecule has 0 saturated carbocycles. The predicted octanol–water partition coefficient (Wildman–Crippen LogP) is 6.97. The van der Waals surface area contributed by atoms with Crippen LogP contribution in [0.1, 0.15) is 89.2 Å². The Bertz CT molecular complexity index is 708. The van der Waals surface area contributed by atoms with Gasteiger partial charge in [-0.3, -0.25) is 4.79 Å². The lowest BCUT2D eigenvalue weighted by molar-refractivity contribution is -0.119. The molecule has 0 spiro atoms. The van der Waals surface area contributed by atoms with Crippen LogP contribution in [0.5, 0.6) is 0 Å². The van der Waals surface area contributed by atoms with Gasteiger partial charge in [-0.25, -0.2) is 0 Å². The van der Waals surface area contributed by atoms with E-state index in [1.54, 1.807) is 7.11 Å². The molecule has 2 atom stereocenters. The maximum atomic E-state index is 12.3. The summed E-state index contributed by atoms with van der Waals surface area (Å²) >= 11 is 0. The van der Waals surface area contributed by atoms with Gasteiger partial charge in [-0.05, 0) is 43.7 Å². The molecule has 176 valence electrons. The maximum absolute atomic E-state index is 12.3. The molecule has 0 fully saturated rings. The highest BCUT2D eigenvalue weighted by molar-refractivity contribution is 5.78. The summed E-state index contributed by atoms with van der Waals surface area (Å²) in [7, 11) is 1.78. The van der Waals surface area contributed by atoms with Crippen molar-refractivity contribution >= 4 is 5.78 Å². The number of benzene rings is 2. The molecule has 0 aromatic heterocycles. The number of carbonyl (C=O) groups excluding carboxylic acids is 1. The molecule has 0 saturated heterocycles. The van der Waals surface area contributed by atoms with Crippen molar-refractivity contribution in [2.24, 2.45) is 0 Å². The number of carbonyl (C=O) groups is 1. The summed E-state index contributed by atoms with van der Waals surface area (Å²) in [5.74, 6) is 0.385. The Hall–Kier alpha value is -1.97. The van der Waals surface area contributed by atoms with Gasteiger partial charge in [0, 0.05) is 25.4 Å². The highest BCUT2D eigenvalue weighted by Gasteiger charge is 2.26. The summed E-state index contributed by atoms with van der Waals surface area (Å²) in [5.41, 5.74) is 1.95. The molecule has 1 N–H and O–H groups in total. The molecule has 0 heterocycles. The number of unbranched alkanes of at least 4 members (excludes halogenated alkanes) is 4. The highest BCUT2D eigenvalue weighted by Crippen LogP contribution is 2.31. The third kappa shape index (κ3) is 8.18. The first-order chi connectivity index (χ1) is 15.4. The summed E-state index contributed by atoms with van der Waals surface area (Å²) in [6, 6.07) is 20.6. The van der Waals surface area contributed by atoms with E-state index in [9.17, 15) is 9.90 Å². The second kappa shape index (κ2) is 13.5. The van der Waals surface area contributed by atoms with Gasteiger partial charge < -0.3 is 9.84 Å². The van der Waals surface area contributed by atoms with Gasteiger partial charge in [-0.1, -0.05) is 93.3 Å². The molecule has 0 aliphatic heterocycles. The Morgan fingerprint density at radius 1 is 0.750 bits per heavy atom. The predicted molar refractivity (Wildman–Crippen MR) is 133 cm³/mol. The van der Waals surface area contributed by atoms with Crippen molar-refractivity contribution in [3.05, 3.63) is 71.8 Å². The molecule has 2 aromatic rings. The minimum absolute atomic E-state index is 0.155. The molecule has 0 aliphatic rings. The fourth-order valence-corrected chi connectivity index (χ4v) is 4.41. The van der Waals surface area contributed by atoms with E-state index in [2.05, 4.69) is 50.2 Å². The summed E-state index contributed by atoms with van der Waals surface area (Å²) < 4.78 is 5.81. The first-order valence-electron chi connectivity index (χ1n) is 12.2. The molecule has 2 rings (SSSR count). The van der Waals surface area contributed by atoms with Crippen molar-refractivity contribution < 1.29 is 14.6 Å². The van der Waals surface area contributed by atoms with Gasteiger partial charge in [-0.15, -0.1) is 0 Å². The van der Waals surface area contributed by atoms with E-state index >= 15 is 0 Å². The van der Waals surface area contributed by atoms with E-state index in [0.717, 1.165) is 51.4 Å². The minimum Gasteiger partial charge on any atom is -0.395 e. The monoisotopic (exact) mass is 438 g/mol. The topological polar surface area (TPSA) is 46.5 Å². The number of hydrogen-bond acceptors (Lipinski definition) is 3. The average Bonchev–Trinajstić information content (AvgIpc) is 2.84. The Morgan fingerprint density at radius 3 is 1.75 bits per heavy atom. The number of aliphatic hydroxyl groups is 1. The lowest BCUT2D eigenvalue weighted by atomic mass is 9.79. The van der Waals surface area contributed by atoms with Gasteiger partial charge in [0.15, 0.2) is 0 Å². The molecule has 0 bridgehead atoms. The van der Waals surface area contributed by atoms with Crippen LogP contribution >= 0.6 is 0 Å². The van der Waals surface area contributed by atoms with Crippen molar-refractivity contribution in [2.75, 3.05) is 13.7 Å². The van der Waals surface area contributed by atoms with E-state index in [1.165, 1.54) is 11.1 Å². The molecule has 2 unspecified atom stereocenters. The van der Waals surface area contributed by atoms with Gasteiger partial charge in [-0.2, -0.15) is 0 Å². The van der Waals surface area contributed by atoms with Gasteiger partial charge in [0.05, 0.1) is 12.2 Å². The zero-order chi connectivity index (χ0) is 23.3. The fourth-order valence-electron chi connectivity index (χ4n) is 4.41. The quantitative estimate of drug-likeness (QED) is 0.288. The number of ether oxygens (including phenoxy) is 1. The zero-order valence-corrected chi connectivity index (χ0v) is 20.3. The summed E-state index contributed by atoms with van der Waals surface area (Å²) in [5, 5.41) is 9.89. The van der Waals surface area contributed by atoms with Crippen LogP contribution in [-0.2, 0) is 20.5 Å². The molecule has 2 aromatic carbocycles. The molecule has 0 aliphatic carbocycles. The van der Waals surface area contributed by atoms with E-state index in [0.29, 0.717) is 18.6 Å². The SMILES string of the molecule is COC(C)(CCCCCC(=O)CCCCCC(C)(CO)c1ccccc1)c1ccccc1. The largest absolute Gasteiger partial charge is 0.395 e. The Kier molecular flexibility index (Phi) is 11.1. The van der Waals surface area contributed by atoms with Gasteiger partial charge >= 0.3 is 0 Å². The van der Waals surface area contributed by atoms with Crippen LogP contribution in [0.25, 0.3) is 0 Å². The lowest BCUT2D eigenvalue weighted by Crippen LogP contribution is -2.26. The standard InChI is InChI=1S/C29H42O3/c1-28(24-30,25-16-8-4-9-17-25)22-14-6-12-20-27(31)21-13-7-15-23-29(2,32-3)26-18-10-5-11-19-26/h4-5,8-11,16-19,30H,6-7,12-15,20-24H2,1-3H3. The molecular weight excluding hydrogens is 396 g/mol. The zero-order valence-electron chi connectivity index (χ0n) is 20.3. The van der Waals surface area contributed by atoms with Crippen LogP contribution in [0, 0.1) is 0 Å². The van der Waals surface area contributed by atoms with Crippen LogP contribution in [0.15, 0.2) is 60.7 Å². The van der Waals surface area contributed by atoms with Gasteiger partial charge in [0.2, 0.25) is 0 Å². The number of hydrogen-bond donors (Lipinski definition) is 1. The van der Waals surface area contributed by atoms with Gasteiger partial charge in [0.1, 0.15) is 5.78 Å².